The number of aromatic nitrogens is 3. The number of carbonyl (C=O) groups is 1. The third-order valence-corrected chi connectivity index (χ3v) is 4.59. The van der Waals surface area contributed by atoms with Gasteiger partial charge in [-0.2, -0.15) is 31.4 Å². The highest BCUT2D eigenvalue weighted by Gasteiger charge is 2.43. The molecule has 0 unspecified atom stereocenters. The number of pyridine rings is 1. The Morgan fingerprint density at radius 2 is 1.81 bits per heavy atom. The van der Waals surface area contributed by atoms with Crippen LogP contribution in [0.4, 0.5) is 32.0 Å². The maximum Gasteiger partial charge on any atom is 0.433 e. The van der Waals surface area contributed by atoms with Crippen LogP contribution in [-0.4, -0.2) is 20.7 Å². The van der Waals surface area contributed by atoms with E-state index in [1.807, 2.05) is 0 Å². The van der Waals surface area contributed by atoms with Crippen molar-refractivity contribution < 1.29 is 35.6 Å². The van der Waals surface area contributed by atoms with E-state index in [1.165, 1.54) is 18.4 Å². The number of alkyl halides is 6. The van der Waals surface area contributed by atoms with Crippen LogP contribution in [0.5, 0.6) is 0 Å². The van der Waals surface area contributed by atoms with Gasteiger partial charge in [0, 0.05) is 29.9 Å². The Balaban J connectivity index is 1.82. The lowest BCUT2D eigenvalue weighted by atomic mass is 10.0. The Kier molecular flexibility index (Phi) is 4.94. The van der Waals surface area contributed by atoms with Crippen molar-refractivity contribution in [2.24, 2.45) is 7.05 Å². The number of nitrogens with zero attached hydrogens (tertiary/aromatic N) is 3. The number of hydrogen-bond acceptors (Lipinski definition) is 4. The van der Waals surface area contributed by atoms with Crippen molar-refractivity contribution >= 4 is 22.6 Å². The van der Waals surface area contributed by atoms with E-state index in [4.69, 9.17) is 4.42 Å². The number of para-hydroxylation sites is 1. The van der Waals surface area contributed by atoms with Crippen molar-refractivity contribution in [2.75, 3.05) is 5.32 Å². The summed E-state index contributed by atoms with van der Waals surface area (Å²) in [4.78, 5) is 15.9. The van der Waals surface area contributed by atoms with Crippen LogP contribution in [0, 0.1) is 0 Å². The van der Waals surface area contributed by atoms with Gasteiger partial charge in [-0.3, -0.25) is 14.5 Å². The number of amides is 1. The number of fused-ring (bicyclic) bond motifs is 1. The maximum absolute atomic E-state index is 14.0. The number of anilines is 1. The molecule has 1 amide bonds. The molecule has 0 bridgehead atoms. The fraction of sp³-hybridized carbons (Fsp3) is 0.150. The van der Waals surface area contributed by atoms with Gasteiger partial charge in [0.1, 0.15) is 28.2 Å². The molecule has 4 rings (SSSR count). The summed E-state index contributed by atoms with van der Waals surface area (Å²) in [6, 6.07) is 7.62. The Morgan fingerprint density at radius 3 is 2.50 bits per heavy atom. The normalized spacial score (nSPS) is 12.3. The second-order valence-electron chi connectivity index (χ2n) is 6.72. The first-order valence-electron chi connectivity index (χ1n) is 8.92. The van der Waals surface area contributed by atoms with Crippen molar-refractivity contribution in [1.82, 2.24) is 14.8 Å². The summed E-state index contributed by atoms with van der Waals surface area (Å²) in [6.45, 7) is 0. The van der Waals surface area contributed by atoms with E-state index in [1.54, 1.807) is 12.1 Å². The molecule has 0 aliphatic carbocycles. The largest absolute Gasteiger partial charge is 0.464 e. The zero-order valence-electron chi connectivity index (χ0n) is 16.0. The van der Waals surface area contributed by atoms with Crippen LogP contribution < -0.4 is 5.32 Å². The van der Waals surface area contributed by atoms with Crippen LogP contribution in [0.25, 0.3) is 22.2 Å². The molecule has 4 aromatic rings. The van der Waals surface area contributed by atoms with E-state index in [0.29, 0.717) is 11.5 Å². The summed E-state index contributed by atoms with van der Waals surface area (Å²) in [5, 5.41) is 6.47. The summed E-state index contributed by atoms with van der Waals surface area (Å²) in [5.41, 5.74) is -4.28. The predicted octanol–water partition coefficient (Wildman–Crippen LogP) is 5.52. The molecule has 166 valence electrons. The first kappa shape index (κ1) is 21.4. The molecule has 0 atom stereocenters. The van der Waals surface area contributed by atoms with Crippen molar-refractivity contribution in [3.05, 3.63) is 65.8 Å². The molecule has 3 heterocycles. The van der Waals surface area contributed by atoms with Gasteiger partial charge >= 0.3 is 12.4 Å². The maximum atomic E-state index is 14.0. The van der Waals surface area contributed by atoms with Crippen LogP contribution >= 0.6 is 0 Å². The molecule has 32 heavy (non-hydrogen) atoms. The van der Waals surface area contributed by atoms with Crippen LogP contribution in [0.15, 0.2) is 53.3 Å². The fourth-order valence-electron chi connectivity index (χ4n) is 3.27. The number of carbonyl (C=O) groups excluding carboxylic acids is 1. The number of halogens is 6. The highest BCUT2D eigenvalue weighted by molar-refractivity contribution is 6.06. The van der Waals surface area contributed by atoms with Gasteiger partial charge in [-0.25, -0.2) is 0 Å². The van der Waals surface area contributed by atoms with Crippen LogP contribution in [0.2, 0.25) is 0 Å². The molecule has 0 radical (unpaired) electrons. The smallest absolute Gasteiger partial charge is 0.433 e. The van der Waals surface area contributed by atoms with Gasteiger partial charge < -0.3 is 9.73 Å². The van der Waals surface area contributed by atoms with Crippen LogP contribution in [0.1, 0.15) is 21.7 Å². The number of hydrogen-bond donors (Lipinski definition) is 1. The summed E-state index contributed by atoms with van der Waals surface area (Å²) >= 11 is 0. The summed E-state index contributed by atoms with van der Waals surface area (Å²) in [5.74, 6) is -1.29. The topological polar surface area (TPSA) is 73.0 Å². The predicted molar refractivity (Wildman–Crippen MR) is 101 cm³/mol. The molecule has 0 aliphatic heterocycles. The van der Waals surface area contributed by atoms with Crippen LogP contribution in [-0.2, 0) is 19.4 Å². The minimum absolute atomic E-state index is 0.0118. The number of nitrogens with one attached hydrogen (secondary N) is 1. The highest BCUT2D eigenvalue weighted by atomic mass is 19.4. The third-order valence-electron chi connectivity index (χ3n) is 4.59. The van der Waals surface area contributed by atoms with Crippen molar-refractivity contribution in [3.63, 3.8) is 0 Å². The number of benzene rings is 1. The molecular weight excluding hydrogens is 442 g/mol. The minimum atomic E-state index is -5.00. The van der Waals surface area contributed by atoms with Crippen molar-refractivity contribution in [3.8, 4) is 11.3 Å². The van der Waals surface area contributed by atoms with E-state index >= 15 is 0 Å². The molecule has 12 heteroatoms. The Bertz CT molecular complexity index is 1320. The molecule has 0 aliphatic rings. The van der Waals surface area contributed by atoms with Crippen molar-refractivity contribution in [1.29, 1.82) is 0 Å². The van der Waals surface area contributed by atoms with Gasteiger partial charge in [-0.1, -0.05) is 12.1 Å². The third kappa shape index (κ3) is 3.79. The average molecular weight is 454 g/mol. The average Bonchev–Trinajstić information content (AvgIpc) is 3.31. The van der Waals surface area contributed by atoms with E-state index in [2.05, 4.69) is 15.4 Å². The lowest BCUT2D eigenvalue weighted by Gasteiger charge is -2.12. The molecule has 0 spiro atoms. The molecule has 3 aromatic heterocycles. The number of furan rings is 1. The van der Waals surface area contributed by atoms with Gasteiger partial charge in [0.25, 0.3) is 5.91 Å². The molecule has 0 fully saturated rings. The summed E-state index contributed by atoms with van der Waals surface area (Å²) in [6.07, 6.45) is -7.70. The monoisotopic (exact) mass is 454 g/mol. The Hall–Kier alpha value is -3.83. The minimum Gasteiger partial charge on any atom is -0.464 e. The van der Waals surface area contributed by atoms with E-state index in [9.17, 15) is 31.1 Å². The zero-order valence-corrected chi connectivity index (χ0v) is 16.0. The zero-order chi connectivity index (χ0) is 23.3. The molecular formula is C20H12F6N4O2. The number of rotatable bonds is 3. The molecule has 6 nitrogen and oxygen atoms in total. The van der Waals surface area contributed by atoms with Gasteiger partial charge in [0.05, 0.1) is 6.26 Å². The molecule has 1 N–H and O–H groups in total. The standard InChI is InChI=1S/C20H12F6N4O2/c1-30-16(18(31)28-11-5-7-27-13(9-11)19(21,22)23)14(20(24,25)26)15(29-30)12-4-2-3-10-6-8-32-17(10)12/h2-9H,1H3,(H,27,28,31). The molecule has 0 saturated heterocycles. The number of aryl methyl sites for hydroxylation is 1. The van der Waals surface area contributed by atoms with Gasteiger partial charge in [-0.15, -0.1) is 0 Å². The summed E-state index contributed by atoms with van der Waals surface area (Å²) < 4.78 is 86.7. The van der Waals surface area contributed by atoms with E-state index in [-0.39, 0.29) is 16.8 Å². The lowest BCUT2D eigenvalue weighted by Crippen LogP contribution is -2.21. The first-order valence-corrected chi connectivity index (χ1v) is 8.92. The Morgan fingerprint density at radius 1 is 1.06 bits per heavy atom. The SMILES string of the molecule is Cn1nc(-c2cccc3ccoc23)c(C(F)(F)F)c1C(=O)Nc1ccnc(C(F)(F)F)c1. The molecule has 1 aromatic carbocycles. The second-order valence-corrected chi connectivity index (χ2v) is 6.72. The first-order chi connectivity index (χ1) is 15.0. The van der Waals surface area contributed by atoms with Gasteiger partial charge in [0.2, 0.25) is 0 Å². The lowest BCUT2D eigenvalue weighted by molar-refractivity contribution is -0.141. The molecule has 0 saturated carbocycles. The van der Waals surface area contributed by atoms with Crippen LogP contribution in [0.3, 0.4) is 0 Å². The fourth-order valence-corrected chi connectivity index (χ4v) is 3.27. The highest BCUT2D eigenvalue weighted by Crippen LogP contribution is 2.41. The van der Waals surface area contributed by atoms with Gasteiger partial charge in [0.15, 0.2) is 0 Å². The summed E-state index contributed by atoms with van der Waals surface area (Å²) in [7, 11) is 1.13. The van der Waals surface area contributed by atoms with Gasteiger partial charge in [-0.05, 0) is 24.3 Å². The van der Waals surface area contributed by atoms with E-state index < -0.39 is 40.9 Å². The quantitative estimate of drug-likeness (QED) is 0.414. The van der Waals surface area contributed by atoms with E-state index in [0.717, 1.165) is 24.0 Å². The Labute approximate surface area is 175 Å². The van der Waals surface area contributed by atoms with Crippen molar-refractivity contribution in [2.45, 2.75) is 12.4 Å². The second kappa shape index (κ2) is 7.39.